The molecular weight excluding hydrogens is 288 g/mol. The summed E-state index contributed by atoms with van der Waals surface area (Å²) in [6.07, 6.45) is 6.12. The quantitative estimate of drug-likeness (QED) is 0.728. The topological polar surface area (TPSA) is 59.2 Å². The van der Waals surface area contributed by atoms with Gasteiger partial charge >= 0.3 is 0 Å². The number of hydrogen-bond acceptors (Lipinski definition) is 5. The standard InChI is InChI=1S/C17H20N6/c1-12-10-18-20-16(13(12)2)22-8-5-6-14(11-22)17-21-19-15-7-3-4-9-23(15)17/h3-4,7,9-10,14H,5-6,8,11H2,1-2H3. The highest BCUT2D eigenvalue weighted by atomic mass is 15.3. The zero-order valence-electron chi connectivity index (χ0n) is 13.5. The third kappa shape index (κ3) is 2.44. The van der Waals surface area contributed by atoms with Crippen LogP contribution in [0.25, 0.3) is 5.65 Å². The number of aromatic nitrogens is 5. The van der Waals surface area contributed by atoms with Gasteiger partial charge in [0.15, 0.2) is 11.5 Å². The molecule has 1 fully saturated rings. The summed E-state index contributed by atoms with van der Waals surface area (Å²) < 4.78 is 2.10. The summed E-state index contributed by atoms with van der Waals surface area (Å²) in [4.78, 5) is 2.34. The zero-order chi connectivity index (χ0) is 15.8. The van der Waals surface area contributed by atoms with Crippen molar-refractivity contribution in [2.45, 2.75) is 32.6 Å². The van der Waals surface area contributed by atoms with Gasteiger partial charge in [-0.3, -0.25) is 4.40 Å². The van der Waals surface area contributed by atoms with E-state index in [1.54, 1.807) is 0 Å². The van der Waals surface area contributed by atoms with Crippen LogP contribution in [0.5, 0.6) is 0 Å². The first kappa shape index (κ1) is 14.1. The number of piperidine rings is 1. The second-order valence-corrected chi connectivity index (χ2v) is 6.25. The molecule has 1 unspecified atom stereocenters. The van der Waals surface area contributed by atoms with Gasteiger partial charge in [0.05, 0.1) is 6.20 Å². The molecule has 0 spiro atoms. The first-order valence-electron chi connectivity index (χ1n) is 8.07. The molecule has 0 aromatic carbocycles. The molecule has 4 heterocycles. The highest BCUT2D eigenvalue weighted by molar-refractivity contribution is 5.49. The SMILES string of the molecule is Cc1cnnc(N2CCCC(c3nnc4ccccn34)C2)c1C. The molecule has 0 N–H and O–H groups in total. The van der Waals surface area contributed by atoms with Crippen molar-refractivity contribution >= 4 is 11.5 Å². The highest BCUT2D eigenvalue weighted by Crippen LogP contribution is 2.30. The van der Waals surface area contributed by atoms with E-state index in [0.29, 0.717) is 5.92 Å². The molecular formula is C17H20N6. The summed E-state index contributed by atoms with van der Waals surface area (Å²) in [5, 5.41) is 17.2. The molecule has 4 rings (SSSR count). The van der Waals surface area contributed by atoms with Gasteiger partial charge in [-0.1, -0.05) is 6.07 Å². The van der Waals surface area contributed by atoms with Crippen molar-refractivity contribution in [3.8, 4) is 0 Å². The van der Waals surface area contributed by atoms with E-state index < -0.39 is 0 Å². The van der Waals surface area contributed by atoms with Crippen LogP contribution < -0.4 is 4.90 Å². The molecule has 3 aromatic heterocycles. The molecule has 23 heavy (non-hydrogen) atoms. The van der Waals surface area contributed by atoms with Crippen molar-refractivity contribution in [1.82, 2.24) is 24.8 Å². The Kier molecular flexibility index (Phi) is 3.44. The van der Waals surface area contributed by atoms with Gasteiger partial charge in [0.2, 0.25) is 0 Å². The molecule has 1 saturated heterocycles. The summed E-state index contributed by atoms with van der Waals surface area (Å²) >= 11 is 0. The molecule has 0 radical (unpaired) electrons. The third-order valence-corrected chi connectivity index (χ3v) is 4.76. The van der Waals surface area contributed by atoms with Gasteiger partial charge in [0.1, 0.15) is 5.82 Å². The van der Waals surface area contributed by atoms with E-state index in [-0.39, 0.29) is 0 Å². The van der Waals surface area contributed by atoms with Crippen LogP contribution in [0.1, 0.15) is 35.7 Å². The minimum Gasteiger partial charge on any atom is -0.354 e. The van der Waals surface area contributed by atoms with Crippen LogP contribution in [0.2, 0.25) is 0 Å². The van der Waals surface area contributed by atoms with Crippen LogP contribution in [-0.4, -0.2) is 37.9 Å². The van der Waals surface area contributed by atoms with Crippen LogP contribution in [-0.2, 0) is 0 Å². The number of nitrogens with zero attached hydrogens (tertiary/aromatic N) is 6. The van der Waals surface area contributed by atoms with Crippen LogP contribution >= 0.6 is 0 Å². The number of rotatable bonds is 2. The minimum absolute atomic E-state index is 0.364. The van der Waals surface area contributed by atoms with E-state index >= 15 is 0 Å². The lowest BCUT2D eigenvalue weighted by Gasteiger charge is -2.33. The molecule has 1 aliphatic heterocycles. The lowest BCUT2D eigenvalue weighted by molar-refractivity contribution is 0.484. The summed E-state index contributed by atoms with van der Waals surface area (Å²) in [6, 6.07) is 6.01. The maximum Gasteiger partial charge on any atom is 0.160 e. The average molecular weight is 308 g/mol. The Morgan fingerprint density at radius 3 is 2.96 bits per heavy atom. The Morgan fingerprint density at radius 2 is 2.04 bits per heavy atom. The second kappa shape index (κ2) is 5.61. The van der Waals surface area contributed by atoms with E-state index in [0.717, 1.165) is 43.2 Å². The van der Waals surface area contributed by atoms with Crippen LogP contribution in [0, 0.1) is 13.8 Å². The fraction of sp³-hybridized carbons (Fsp3) is 0.412. The smallest absolute Gasteiger partial charge is 0.160 e. The minimum atomic E-state index is 0.364. The molecule has 6 heteroatoms. The van der Waals surface area contributed by atoms with Crippen molar-refractivity contribution in [2.24, 2.45) is 0 Å². The molecule has 0 amide bonds. The Hall–Kier alpha value is -2.50. The highest BCUT2D eigenvalue weighted by Gasteiger charge is 2.27. The maximum absolute atomic E-state index is 4.44. The molecule has 0 saturated carbocycles. The van der Waals surface area contributed by atoms with Gasteiger partial charge in [-0.05, 0) is 49.9 Å². The van der Waals surface area contributed by atoms with Gasteiger partial charge in [-0.15, -0.1) is 15.3 Å². The monoisotopic (exact) mass is 308 g/mol. The van der Waals surface area contributed by atoms with Gasteiger partial charge in [0, 0.05) is 25.2 Å². The van der Waals surface area contributed by atoms with Crippen molar-refractivity contribution < 1.29 is 0 Å². The van der Waals surface area contributed by atoms with Crippen molar-refractivity contribution in [3.05, 3.63) is 47.5 Å². The van der Waals surface area contributed by atoms with Gasteiger partial charge in [-0.25, -0.2) is 0 Å². The summed E-state index contributed by atoms with van der Waals surface area (Å²) in [6.45, 7) is 6.14. The Balaban J connectivity index is 1.66. The summed E-state index contributed by atoms with van der Waals surface area (Å²) in [5.41, 5.74) is 3.31. The Morgan fingerprint density at radius 1 is 1.13 bits per heavy atom. The lowest BCUT2D eigenvalue weighted by Crippen LogP contribution is -2.36. The maximum atomic E-state index is 4.44. The Bertz CT molecular complexity index is 840. The molecule has 0 bridgehead atoms. The number of hydrogen-bond donors (Lipinski definition) is 0. The number of fused-ring (bicyclic) bond motifs is 1. The second-order valence-electron chi connectivity index (χ2n) is 6.25. The van der Waals surface area contributed by atoms with Gasteiger partial charge < -0.3 is 4.90 Å². The summed E-state index contributed by atoms with van der Waals surface area (Å²) in [7, 11) is 0. The van der Waals surface area contributed by atoms with Gasteiger partial charge in [0.25, 0.3) is 0 Å². The molecule has 6 nitrogen and oxygen atoms in total. The fourth-order valence-electron chi connectivity index (χ4n) is 3.34. The van der Waals surface area contributed by atoms with Gasteiger partial charge in [-0.2, -0.15) is 5.10 Å². The Labute approximate surface area is 135 Å². The molecule has 3 aromatic rings. The molecule has 118 valence electrons. The van der Waals surface area contributed by atoms with E-state index in [1.165, 1.54) is 11.1 Å². The number of anilines is 1. The zero-order valence-corrected chi connectivity index (χ0v) is 13.5. The number of aryl methyl sites for hydroxylation is 1. The molecule has 1 atom stereocenters. The molecule has 0 aliphatic carbocycles. The van der Waals surface area contributed by atoms with Crippen molar-refractivity contribution in [1.29, 1.82) is 0 Å². The fourth-order valence-corrected chi connectivity index (χ4v) is 3.34. The van der Waals surface area contributed by atoms with Crippen LogP contribution in [0.4, 0.5) is 5.82 Å². The predicted molar refractivity (Wildman–Crippen MR) is 88.7 cm³/mol. The van der Waals surface area contributed by atoms with Crippen molar-refractivity contribution in [3.63, 3.8) is 0 Å². The van der Waals surface area contributed by atoms with E-state index in [4.69, 9.17) is 0 Å². The van der Waals surface area contributed by atoms with E-state index in [2.05, 4.69) is 43.5 Å². The largest absolute Gasteiger partial charge is 0.354 e. The first-order valence-corrected chi connectivity index (χ1v) is 8.07. The average Bonchev–Trinajstić information content (AvgIpc) is 3.01. The predicted octanol–water partition coefficient (Wildman–Crippen LogP) is 2.52. The van der Waals surface area contributed by atoms with Crippen LogP contribution in [0.15, 0.2) is 30.6 Å². The molecule has 1 aliphatic rings. The van der Waals surface area contributed by atoms with Crippen LogP contribution in [0.3, 0.4) is 0 Å². The summed E-state index contributed by atoms with van der Waals surface area (Å²) in [5.74, 6) is 2.41. The first-order chi connectivity index (χ1) is 11.2. The lowest BCUT2D eigenvalue weighted by atomic mass is 9.96. The van der Waals surface area contributed by atoms with Crippen molar-refractivity contribution in [2.75, 3.05) is 18.0 Å². The number of pyridine rings is 1. The van der Waals surface area contributed by atoms with E-state index in [1.807, 2.05) is 30.6 Å². The normalized spacial score (nSPS) is 18.5. The van der Waals surface area contributed by atoms with E-state index in [9.17, 15) is 0 Å². The third-order valence-electron chi connectivity index (χ3n) is 4.76.